The summed E-state index contributed by atoms with van der Waals surface area (Å²) in [6, 6.07) is 15.6. The third-order valence-electron chi connectivity index (χ3n) is 4.38. The first-order chi connectivity index (χ1) is 12.6. The van der Waals surface area contributed by atoms with E-state index in [-0.39, 0.29) is 11.9 Å². The van der Waals surface area contributed by atoms with Gasteiger partial charge in [0.15, 0.2) is 0 Å². The summed E-state index contributed by atoms with van der Waals surface area (Å²) >= 11 is 0. The lowest BCUT2D eigenvalue weighted by Crippen LogP contribution is -2.40. The minimum atomic E-state index is -0.211. The van der Waals surface area contributed by atoms with Crippen molar-refractivity contribution in [2.45, 2.75) is 26.3 Å². The Kier molecular flexibility index (Phi) is 4.08. The van der Waals surface area contributed by atoms with Gasteiger partial charge in [-0.15, -0.1) is 0 Å². The summed E-state index contributed by atoms with van der Waals surface area (Å²) in [4.78, 5) is 25.8. The number of hydrogen-bond acceptors (Lipinski definition) is 5. The molecule has 1 atom stereocenters. The van der Waals surface area contributed by atoms with E-state index in [1.807, 2.05) is 56.3 Å². The Hall–Kier alpha value is -3.28. The van der Waals surface area contributed by atoms with Gasteiger partial charge >= 0.3 is 0 Å². The fraction of sp³-hybridized carbons (Fsp3) is 0.200. The molecule has 2 N–H and O–H groups in total. The first-order valence-electron chi connectivity index (χ1n) is 8.53. The largest absolute Gasteiger partial charge is 0.296 e. The van der Waals surface area contributed by atoms with E-state index in [1.54, 1.807) is 0 Å². The molecule has 1 aliphatic heterocycles. The van der Waals surface area contributed by atoms with Crippen molar-refractivity contribution in [3.63, 3.8) is 0 Å². The van der Waals surface area contributed by atoms with Crippen LogP contribution in [0.1, 0.15) is 29.3 Å². The van der Waals surface area contributed by atoms with Crippen LogP contribution in [-0.2, 0) is 4.79 Å². The molecule has 0 spiro atoms. The molecule has 1 unspecified atom stereocenters. The van der Waals surface area contributed by atoms with Crippen LogP contribution in [0.3, 0.4) is 0 Å². The lowest BCUT2D eigenvalue weighted by Gasteiger charge is -2.21. The van der Waals surface area contributed by atoms with Gasteiger partial charge in [0.2, 0.25) is 17.8 Å². The topological polar surface area (TPSA) is 79.3 Å². The third kappa shape index (κ3) is 3.26. The zero-order valence-electron chi connectivity index (χ0n) is 14.7. The number of aliphatic imine (C=N–C) groups is 1. The smallest absolute Gasteiger partial charge is 0.230 e. The van der Waals surface area contributed by atoms with Crippen LogP contribution >= 0.6 is 0 Å². The number of hydrogen-bond donors (Lipinski definition) is 2. The molecule has 26 heavy (non-hydrogen) atoms. The van der Waals surface area contributed by atoms with Gasteiger partial charge in [0.05, 0.1) is 23.7 Å². The van der Waals surface area contributed by atoms with E-state index in [1.165, 1.54) is 5.56 Å². The number of nitrogens with zero attached hydrogens (tertiary/aromatic N) is 3. The number of aromatic nitrogens is 2. The number of aryl methyl sites for hydroxylation is 2. The van der Waals surface area contributed by atoms with E-state index < -0.39 is 0 Å². The van der Waals surface area contributed by atoms with Gasteiger partial charge in [0, 0.05) is 5.39 Å². The van der Waals surface area contributed by atoms with Gasteiger partial charge in [-0.1, -0.05) is 42.0 Å². The molecule has 2 heterocycles. The molecule has 0 radical (unpaired) electrons. The Bertz CT molecular complexity index is 1010. The fourth-order valence-corrected chi connectivity index (χ4v) is 3.08. The summed E-state index contributed by atoms with van der Waals surface area (Å²) < 4.78 is 0. The van der Waals surface area contributed by atoms with E-state index in [0.717, 1.165) is 22.2 Å². The lowest BCUT2D eigenvalue weighted by molar-refractivity contribution is -0.120. The predicted octanol–water partition coefficient (Wildman–Crippen LogP) is 3.28. The SMILES string of the molecule is Cc1ccc2nc(NC3=NC(c4ccccc4)CC(=O)N3)nc(C)c2c1. The number of fused-ring (bicyclic) bond motifs is 1. The van der Waals surface area contributed by atoms with Gasteiger partial charge in [0.25, 0.3) is 0 Å². The zero-order valence-corrected chi connectivity index (χ0v) is 14.7. The molecule has 130 valence electrons. The van der Waals surface area contributed by atoms with Crippen LogP contribution < -0.4 is 10.6 Å². The number of amides is 1. The van der Waals surface area contributed by atoms with Crippen molar-refractivity contribution >= 4 is 28.7 Å². The number of benzene rings is 2. The molecule has 1 amide bonds. The molecule has 0 bridgehead atoms. The summed E-state index contributed by atoms with van der Waals surface area (Å²) in [5.74, 6) is 0.720. The molecule has 2 aromatic carbocycles. The molecule has 3 aromatic rings. The zero-order chi connectivity index (χ0) is 18.1. The first kappa shape index (κ1) is 16.2. The minimum Gasteiger partial charge on any atom is -0.296 e. The second kappa shape index (κ2) is 6.55. The maximum Gasteiger partial charge on any atom is 0.230 e. The van der Waals surface area contributed by atoms with E-state index in [9.17, 15) is 4.79 Å². The Balaban J connectivity index is 1.65. The Morgan fingerprint density at radius 2 is 1.88 bits per heavy atom. The van der Waals surface area contributed by atoms with Crippen LogP contribution in [0.5, 0.6) is 0 Å². The highest BCUT2D eigenvalue weighted by atomic mass is 16.1. The normalized spacial score (nSPS) is 16.9. The molecular weight excluding hydrogens is 326 g/mol. The van der Waals surface area contributed by atoms with Crippen LogP contribution in [0.15, 0.2) is 53.5 Å². The monoisotopic (exact) mass is 345 g/mol. The average molecular weight is 345 g/mol. The van der Waals surface area contributed by atoms with Gasteiger partial charge in [-0.25, -0.2) is 15.0 Å². The van der Waals surface area contributed by atoms with Crippen molar-refractivity contribution in [1.29, 1.82) is 0 Å². The minimum absolute atomic E-state index is 0.0792. The van der Waals surface area contributed by atoms with Crippen LogP contribution in [0, 0.1) is 13.8 Å². The van der Waals surface area contributed by atoms with Crippen molar-refractivity contribution in [3.05, 3.63) is 65.4 Å². The molecule has 6 nitrogen and oxygen atoms in total. The molecular formula is C20H19N5O. The van der Waals surface area contributed by atoms with E-state index in [0.29, 0.717) is 18.3 Å². The molecule has 0 aliphatic carbocycles. The standard InChI is InChI=1S/C20H19N5O/c1-12-8-9-16-15(10-12)13(2)21-19(22-16)25-20-23-17(11-18(26)24-20)14-6-4-3-5-7-14/h3-10,17H,11H2,1-2H3,(H2,21,22,23,24,25,26). The Morgan fingerprint density at radius 3 is 2.69 bits per heavy atom. The average Bonchev–Trinajstić information content (AvgIpc) is 2.63. The van der Waals surface area contributed by atoms with Crippen molar-refractivity contribution in [1.82, 2.24) is 15.3 Å². The van der Waals surface area contributed by atoms with Crippen molar-refractivity contribution in [2.75, 3.05) is 5.32 Å². The van der Waals surface area contributed by atoms with E-state index in [4.69, 9.17) is 0 Å². The number of rotatable bonds is 2. The quantitative estimate of drug-likeness (QED) is 0.747. The van der Waals surface area contributed by atoms with Crippen LogP contribution in [-0.4, -0.2) is 21.8 Å². The summed E-state index contributed by atoms with van der Waals surface area (Å²) in [7, 11) is 0. The Morgan fingerprint density at radius 1 is 1.08 bits per heavy atom. The molecule has 0 saturated carbocycles. The molecule has 1 aromatic heterocycles. The predicted molar refractivity (Wildman–Crippen MR) is 102 cm³/mol. The Labute approximate surface area is 151 Å². The van der Waals surface area contributed by atoms with E-state index >= 15 is 0 Å². The second-order valence-electron chi connectivity index (χ2n) is 6.43. The molecule has 0 saturated heterocycles. The highest BCUT2D eigenvalue weighted by Gasteiger charge is 2.23. The lowest BCUT2D eigenvalue weighted by atomic mass is 10.0. The molecule has 6 heteroatoms. The summed E-state index contributed by atoms with van der Waals surface area (Å²) in [6.45, 7) is 3.99. The van der Waals surface area contributed by atoms with Crippen LogP contribution in [0.25, 0.3) is 10.9 Å². The summed E-state index contributed by atoms with van der Waals surface area (Å²) in [6.07, 6.45) is 0.325. The van der Waals surface area contributed by atoms with Gasteiger partial charge < -0.3 is 0 Å². The number of carbonyl (C=O) groups excluding carboxylic acids is 1. The summed E-state index contributed by atoms with van der Waals surface area (Å²) in [5, 5.41) is 6.84. The van der Waals surface area contributed by atoms with Gasteiger partial charge in [0.1, 0.15) is 0 Å². The highest BCUT2D eigenvalue weighted by molar-refractivity contribution is 6.05. The van der Waals surface area contributed by atoms with E-state index in [2.05, 4.69) is 31.7 Å². The molecule has 4 rings (SSSR count). The number of guanidine groups is 1. The van der Waals surface area contributed by atoms with Gasteiger partial charge in [-0.3, -0.25) is 15.4 Å². The number of carbonyl (C=O) groups is 1. The van der Waals surface area contributed by atoms with Crippen molar-refractivity contribution in [2.24, 2.45) is 4.99 Å². The molecule has 0 fully saturated rings. The maximum atomic E-state index is 12.1. The number of anilines is 1. The van der Waals surface area contributed by atoms with Crippen LogP contribution in [0.4, 0.5) is 5.95 Å². The van der Waals surface area contributed by atoms with Gasteiger partial charge in [-0.2, -0.15) is 0 Å². The summed E-state index contributed by atoms with van der Waals surface area (Å²) in [5.41, 5.74) is 3.91. The van der Waals surface area contributed by atoms with Crippen LogP contribution in [0.2, 0.25) is 0 Å². The van der Waals surface area contributed by atoms with Crippen molar-refractivity contribution in [3.8, 4) is 0 Å². The maximum absolute atomic E-state index is 12.1. The van der Waals surface area contributed by atoms with Gasteiger partial charge in [-0.05, 0) is 31.5 Å². The third-order valence-corrected chi connectivity index (χ3v) is 4.38. The highest BCUT2D eigenvalue weighted by Crippen LogP contribution is 2.24. The number of nitrogens with one attached hydrogen (secondary N) is 2. The van der Waals surface area contributed by atoms with Crippen molar-refractivity contribution < 1.29 is 4.79 Å². The first-order valence-corrected chi connectivity index (χ1v) is 8.53. The second-order valence-corrected chi connectivity index (χ2v) is 6.43. The fourth-order valence-electron chi connectivity index (χ4n) is 3.08. The molecule has 1 aliphatic rings.